The van der Waals surface area contributed by atoms with Crippen molar-refractivity contribution >= 4 is 108 Å². The molecule has 4 aliphatic rings. The number of carbonyl (C=O) groups excluding carboxylic acids is 6. The number of hydroxylamine groups is 4. The second-order valence-corrected chi connectivity index (χ2v) is 55.3. The summed E-state index contributed by atoms with van der Waals surface area (Å²) in [6.45, 7) is 55.4. The number of benzene rings is 3. The van der Waals surface area contributed by atoms with E-state index >= 15 is 0 Å². The van der Waals surface area contributed by atoms with E-state index in [9.17, 15) is 33.2 Å². The van der Waals surface area contributed by atoms with Crippen LogP contribution in [0.25, 0.3) is 0 Å². The van der Waals surface area contributed by atoms with Crippen LogP contribution >= 0.6 is 28.1 Å². The Bertz CT molecular complexity index is 3380. The molecule has 3 aromatic carbocycles. The van der Waals surface area contributed by atoms with Gasteiger partial charge in [0.1, 0.15) is 10.8 Å². The molecule has 0 saturated carbocycles. The van der Waals surface area contributed by atoms with Gasteiger partial charge in [0.05, 0.1) is 65.1 Å². The largest absolute Gasteiger partial charge is 0.417 e. The third-order valence-corrected chi connectivity index (χ3v) is 42.3. The Morgan fingerprint density at radius 2 is 0.982 bits per heavy atom. The normalized spacial score (nSPS) is 14.5. The van der Waals surface area contributed by atoms with Crippen molar-refractivity contribution in [2.75, 3.05) is 71.8 Å². The summed E-state index contributed by atoms with van der Waals surface area (Å²) in [5, 5.41) is 22.8. The number of nitrogens with two attached hydrogens (primary N) is 3. The topological polar surface area (TPSA) is 358 Å². The van der Waals surface area contributed by atoms with Gasteiger partial charge in [-0.15, -0.1) is 10.1 Å². The molecule has 110 heavy (non-hydrogen) atoms. The van der Waals surface area contributed by atoms with E-state index < -0.39 is 82.4 Å². The first-order valence-corrected chi connectivity index (χ1v) is 53.5. The van der Waals surface area contributed by atoms with E-state index in [4.69, 9.17) is 67.3 Å². The maximum absolute atomic E-state index is 13.2. The zero-order chi connectivity index (χ0) is 82.8. The summed E-state index contributed by atoms with van der Waals surface area (Å²) in [5.74, 6) is 6.97. The van der Waals surface area contributed by atoms with Crippen LogP contribution in [0.3, 0.4) is 0 Å². The van der Waals surface area contributed by atoms with Gasteiger partial charge in [-0.25, -0.2) is 26.2 Å². The number of aliphatic hydroxyl groups excluding tert-OH is 1. The van der Waals surface area contributed by atoms with Crippen molar-refractivity contribution < 1.29 is 111 Å². The molecule has 5 heterocycles. The van der Waals surface area contributed by atoms with Crippen molar-refractivity contribution in [1.82, 2.24) is 25.4 Å². The van der Waals surface area contributed by atoms with Gasteiger partial charge in [0.25, 0.3) is 23.6 Å². The van der Waals surface area contributed by atoms with E-state index in [2.05, 4.69) is 182 Å². The zero-order valence-corrected chi connectivity index (χ0v) is 80.2. The molecular formula is C76H132BrFHgN8O18SSi4. The summed E-state index contributed by atoms with van der Waals surface area (Å²) in [6, 6.07) is 17.6. The van der Waals surface area contributed by atoms with Crippen molar-refractivity contribution in [3.05, 3.63) is 122 Å². The summed E-state index contributed by atoms with van der Waals surface area (Å²) in [5.41, 5.74) is 10.4. The molecule has 1 aromatic heterocycles. The molecule has 8 rings (SSSR count). The van der Waals surface area contributed by atoms with Gasteiger partial charge in [0.2, 0.25) is 5.95 Å². The first-order valence-electron chi connectivity index (χ1n) is 36.2. The van der Waals surface area contributed by atoms with E-state index in [1.165, 1.54) is 51.0 Å². The number of aliphatic hydroxyl groups is 1. The van der Waals surface area contributed by atoms with E-state index in [0.29, 0.717) is 59.9 Å². The number of aromatic nitrogens is 2. The molecule has 0 radical (unpaired) electrons. The fraction of sp³-hybridized carbons (Fsp3) is 0.618. The van der Waals surface area contributed by atoms with Gasteiger partial charge in [-0.05, 0) is 160 Å². The molecule has 34 heteroatoms. The number of ether oxygens (including phenoxy) is 1. The first kappa shape index (κ1) is 107. The molecule has 0 bridgehead atoms. The molecule has 26 nitrogen and oxygen atoms in total. The number of thiocarbonyl (C=S) groups is 1. The third-order valence-electron chi connectivity index (χ3n) is 19.0. The van der Waals surface area contributed by atoms with Gasteiger partial charge in [-0.2, -0.15) is 0 Å². The Morgan fingerprint density at radius 3 is 1.31 bits per heavy atom. The van der Waals surface area contributed by atoms with E-state index in [1.807, 2.05) is 6.92 Å². The number of hydrogen-bond donors (Lipinski definition) is 6. The fourth-order valence-electron chi connectivity index (χ4n) is 8.45. The average molecular weight is 1890 g/mol. The fourth-order valence-corrected chi connectivity index (χ4v) is 15.4. The predicted octanol–water partition coefficient (Wildman–Crippen LogP) is 16.2. The molecule has 9 N–H and O–H groups in total. The number of hydrogen-bond acceptors (Lipinski definition) is 24. The Kier molecular flexibility index (Phi) is 49.5. The molecule has 4 aromatic rings. The third kappa shape index (κ3) is 37.3. The average Bonchev–Trinajstić information content (AvgIpc) is 1.35. The number of aryl methyl sites for hydroxylation is 1. The molecule has 0 aliphatic carbocycles. The summed E-state index contributed by atoms with van der Waals surface area (Å²) >= 11 is 6.77. The number of imide groups is 2. The molecule has 0 unspecified atom stereocenters. The maximum Gasteiger partial charge on any atom is 0.285 e. The number of nitrogens with zero attached hydrogens (tertiary/aromatic N) is 4. The van der Waals surface area contributed by atoms with E-state index in [0.717, 1.165) is 73.3 Å². The monoisotopic (exact) mass is 1890 g/mol. The van der Waals surface area contributed by atoms with Crippen LogP contribution in [0.15, 0.2) is 71.2 Å². The number of nitrogen functional groups attached to an aromatic ring is 1. The summed E-state index contributed by atoms with van der Waals surface area (Å²) in [7, 11) is -6.42. The minimum Gasteiger partial charge on any atom is -0.417 e. The predicted molar refractivity (Wildman–Crippen MR) is 444 cm³/mol. The van der Waals surface area contributed by atoms with Crippen molar-refractivity contribution in [2.45, 2.75) is 242 Å². The zero-order valence-electron chi connectivity index (χ0n) is 68.3. The Hall–Kier alpha value is -4.62. The van der Waals surface area contributed by atoms with Crippen LogP contribution in [0.2, 0.25) is 72.5 Å². The van der Waals surface area contributed by atoms with Gasteiger partial charge >= 0.3 is 66.2 Å². The molecule has 4 aliphatic heterocycles. The molecule has 1 fully saturated rings. The summed E-state index contributed by atoms with van der Waals surface area (Å²) in [6.07, 6.45) is 6.33. The number of nitrogens with one attached hydrogen (secondary N) is 1. The number of rotatable bonds is 23. The minimum atomic E-state index is -2.04. The van der Waals surface area contributed by atoms with Gasteiger partial charge in [-0.3, -0.25) is 29.2 Å². The van der Waals surface area contributed by atoms with Crippen LogP contribution < -0.4 is 22.8 Å². The molecule has 0 spiro atoms. The van der Waals surface area contributed by atoms with Crippen molar-refractivity contribution in [1.29, 1.82) is 0 Å². The van der Waals surface area contributed by atoms with Crippen LogP contribution in [-0.2, 0) is 83.7 Å². The second kappa shape index (κ2) is 50.7. The van der Waals surface area contributed by atoms with Gasteiger partial charge < -0.3 is 48.3 Å². The van der Waals surface area contributed by atoms with Crippen LogP contribution in [0, 0.1) is 12.7 Å². The van der Waals surface area contributed by atoms with Gasteiger partial charge in [-0.1, -0.05) is 156 Å². The molecule has 622 valence electrons. The Labute approximate surface area is 687 Å². The number of amides is 4. The first-order chi connectivity index (χ1) is 49.9. The summed E-state index contributed by atoms with van der Waals surface area (Å²) in [4.78, 5) is 89.9. The van der Waals surface area contributed by atoms with Crippen LogP contribution in [0.1, 0.15) is 220 Å². The Balaban J connectivity index is 0. The van der Waals surface area contributed by atoms with Crippen molar-refractivity contribution in [2.24, 2.45) is 11.8 Å². The van der Waals surface area contributed by atoms with Crippen molar-refractivity contribution in [3.8, 4) is 0 Å². The minimum absolute atomic E-state index is 0. The number of anilines is 1. The van der Waals surface area contributed by atoms with Crippen LogP contribution in [-0.4, -0.2) is 170 Å². The molecular weight excluding hydrogens is 1760 g/mol. The van der Waals surface area contributed by atoms with Crippen LogP contribution in [0.5, 0.6) is 0 Å². The van der Waals surface area contributed by atoms with Crippen molar-refractivity contribution in [3.63, 3.8) is 0 Å². The number of halogens is 2. The van der Waals surface area contributed by atoms with E-state index in [1.54, 1.807) is 42.5 Å². The standard InChI is InChI=1S/C17H25NO4Si.C14H12BrFN4S.2C9H23NO2Si.C9H22O2Si.C8H5NO3.C4H8O.2C2H4O2.2CH4.Hg/c1-17(2,3)23(4,5)22-12-8-11-21-18-15(19)13-9-6-7-10-14(13)16(18)20;1-6-12-11(20-14(17)18-6)5-10(19-13(12)21)8-3-2-7(16)4-9(8)15;2*1-9(2,3)13(4,5)12-8-6-7-11-10;1-9(2,3)12(4,5)11-8-6-7-10;10-7-5-3-1-2-4-6(5)8(11)9(7)12;1-2-4-5-3-1;2*1-2(3)4;;;/h6-7,9-10H,8,11-12H2,1-5H3;2-4,10H,5H2,1H3,(H,19,21)(H2,17,18,20);2*6-8,10H2,1-5H3;10H,6-8H2,1-5H3;1-4,12H;1-4H2;2*1H3,(H,3,4);2*1H4;/q;;;;;;;;;;;+2/p-2/t;10-;;;;;;;;;;/m.1........../s1. The maximum atomic E-state index is 13.2. The molecule has 4 amide bonds. The van der Waals surface area contributed by atoms with Crippen LogP contribution in [0.4, 0.5) is 10.3 Å². The second-order valence-electron chi connectivity index (χ2n) is 31.7. The number of fused-ring (bicyclic) bond motifs is 3. The smallest absolute Gasteiger partial charge is 0.285 e. The molecule has 1 saturated heterocycles. The van der Waals surface area contributed by atoms with Gasteiger partial charge in [0, 0.05) is 57.1 Å². The van der Waals surface area contributed by atoms with Gasteiger partial charge in [0.15, 0.2) is 33.3 Å². The SMILES string of the molecule is C.C.C1CCOC1.CC(=O)[O][Hg][O]C(C)=O.CC(C)(C)[Si](C)(C)OCCCO.CC(C)(C)[Si](C)(C)OCCCON.CC(C)(C)[Si](C)(C)OCCCON.CC(C)(C)[Si](C)(C)OCCCON1C(=O)c2ccccc2C1=O.Cc1nc(N)nc2c1C(=S)N[C@@H](c1ccc(F)cc1Br)C2.O=C1c2ccccc2C(=O)N1O. The quantitative estimate of drug-likeness (QED) is 0.0100. The summed E-state index contributed by atoms with van der Waals surface area (Å²) < 4.78 is 51.5. The number of carbonyl (C=O) groups is 6. The van der Waals surface area contributed by atoms with E-state index in [-0.39, 0.29) is 94.2 Å². The Morgan fingerprint density at radius 1 is 0.618 bits per heavy atom. The molecule has 1 atom stereocenters.